The lowest BCUT2D eigenvalue weighted by atomic mass is 10.0. The van der Waals surface area contributed by atoms with E-state index in [1.54, 1.807) is 0 Å². The Morgan fingerprint density at radius 3 is 2.24 bits per heavy atom. The van der Waals surface area contributed by atoms with Crippen LogP contribution in [0.4, 0.5) is 5.69 Å². The summed E-state index contributed by atoms with van der Waals surface area (Å²) in [6, 6.07) is 17.7. The van der Waals surface area contributed by atoms with Crippen LogP contribution in [0.15, 0.2) is 54.6 Å². The highest BCUT2D eigenvalue weighted by atomic mass is 16.1. The topological polar surface area (TPSA) is 41.1 Å². The maximum absolute atomic E-state index is 12.4. The minimum absolute atomic E-state index is 0.0343. The molecule has 2 aromatic rings. The van der Waals surface area contributed by atoms with Crippen LogP contribution in [0.25, 0.3) is 0 Å². The lowest BCUT2D eigenvalue weighted by molar-refractivity contribution is 0.0918. The molecule has 0 saturated heterocycles. The molecule has 0 bridgehead atoms. The fourth-order valence-corrected chi connectivity index (χ4v) is 2.06. The average Bonchev–Trinajstić information content (AvgIpc) is 2.45. The summed E-state index contributed by atoms with van der Waals surface area (Å²) in [5.74, 6) is -0.0343. The lowest BCUT2D eigenvalue weighted by Crippen LogP contribution is -2.41. The molecular formula is C18H22N2O. The van der Waals surface area contributed by atoms with E-state index in [2.05, 4.69) is 10.6 Å². The maximum atomic E-state index is 12.4. The molecule has 2 N–H and O–H groups in total. The van der Waals surface area contributed by atoms with E-state index in [0.717, 1.165) is 16.8 Å². The summed E-state index contributed by atoms with van der Waals surface area (Å²) in [7, 11) is 0. The van der Waals surface area contributed by atoms with Gasteiger partial charge < -0.3 is 10.6 Å². The normalized spacial score (nSPS) is 11.0. The van der Waals surface area contributed by atoms with Crippen LogP contribution >= 0.6 is 0 Å². The Labute approximate surface area is 126 Å². The van der Waals surface area contributed by atoms with Crippen molar-refractivity contribution in [2.75, 3.05) is 5.32 Å². The average molecular weight is 282 g/mol. The number of carbonyl (C=O) groups is 1. The number of anilines is 1. The van der Waals surface area contributed by atoms with Crippen LogP contribution in [0.2, 0.25) is 0 Å². The summed E-state index contributed by atoms with van der Waals surface area (Å²) in [6.07, 6.45) is 0. The zero-order chi connectivity index (χ0) is 15.3. The van der Waals surface area contributed by atoms with Gasteiger partial charge in [-0.05, 0) is 44.5 Å². The highest BCUT2D eigenvalue weighted by Crippen LogP contribution is 2.14. The molecule has 3 heteroatoms. The molecule has 2 aromatic carbocycles. The molecule has 0 spiro atoms. The third-order valence-electron chi connectivity index (χ3n) is 3.01. The molecule has 110 valence electrons. The molecule has 0 unspecified atom stereocenters. The molecular weight excluding hydrogens is 260 g/mol. The summed E-state index contributed by atoms with van der Waals surface area (Å²) in [6.45, 7) is 6.57. The molecule has 0 radical (unpaired) electrons. The Kier molecular flexibility index (Phi) is 4.63. The molecule has 0 atom stereocenters. The monoisotopic (exact) mass is 282 g/mol. The number of nitrogens with one attached hydrogen (secondary N) is 2. The Morgan fingerprint density at radius 1 is 0.952 bits per heavy atom. The highest BCUT2D eigenvalue weighted by molar-refractivity contribution is 5.96. The summed E-state index contributed by atoms with van der Waals surface area (Å²) in [5.41, 5.74) is 2.51. The van der Waals surface area contributed by atoms with E-state index in [1.807, 2.05) is 75.4 Å². The second-order valence-electron chi connectivity index (χ2n) is 6.08. The highest BCUT2D eigenvalue weighted by Gasteiger charge is 2.17. The molecule has 3 nitrogen and oxygen atoms in total. The van der Waals surface area contributed by atoms with Crippen molar-refractivity contribution in [2.45, 2.75) is 32.9 Å². The smallest absolute Gasteiger partial charge is 0.252 e. The van der Waals surface area contributed by atoms with Gasteiger partial charge in [-0.3, -0.25) is 4.79 Å². The minimum Gasteiger partial charge on any atom is -0.381 e. The van der Waals surface area contributed by atoms with E-state index in [4.69, 9.17) is 0 Å². The van der Waals surface area contributed by atoms with E-state index in [1.165, 1.54) is 0 Å². The largest absolute Gasteiger partial charge is 0.381 e. The van der Waals surface area contributed by atoms with Crippen molar-refractivity contribution in [3.05, 3.63) is 65.7 Å². The molecule has 0 saturated carbocycles. The number of carbonyl (C=O) groups excluding carboxylic acids is 1. The fourth-order valence-electron chi connectivity index (χ4n) is 2.06. The molecule has 0 fully saturated rings. The van der Waals surface area contributed by atoms with Crippen molar-refractivity contribution >= 4 is 11.6 Å². The van der Waals surface area contributed by atoms with Gasteiger partial charge in [0.15, 0.2) is 0 Å². The van der Waals surface area contributed by atoms with Gasteiger partial charge in [0, 0.05) is 23.3 Å². The predicted octanol–water partition coefficient (Wildman–Crippen LogP) is 3.83. The number of hydrogen-bond acceptors (Lipinski definition) is 2. The number of amides is 1. The second-order valence-corrected chi connectivity index (χ2v) is 6.08. The van der Waals surface area contributed by atoms with Crippen LogP contribution in [0.3, 0.4) is 0 Å². The molecule has 0 aliphatic carbocycles. The summed E-state index contributed by atoms with van der Waals surface area (Å²) < 4.78 is 0. The van der Waals surface area contributed by atoms with Gasteiger partial charge in [0.1, 0.15) is 0 Å². The van der Waals surface area contributed by atoms with E-state index in [9.17, 15) is 4.79 Å². The zero-order valence-corrected chi connectivity index (χ0v) is 12.8. The van der Waals surface area contributed by atoms with E-state index in [0.29, 0.717) is 6.54 Å². The van der Waals surface area contributed by atoms with Gasteiger partial charge >= 0.3 is 0 Å². The molecule has 0 aromatic heterocycles. The van der Waals surface area contributed by atoms with Crippen LogP contribution in [0.1, 0.15) is 36.7 Å². The molecule has 0 aliphatic rings. The molecule has 0 heterocycles. The van der Waals surface area contributed by atoms with E-state index in [-0.39, 0.29) is 11.4 Å². The van der Waals surface area contributed by atoms with E-state index < -0.39 is 0 Å². The standard InChI is InChI=1S/C18H22N2O/c1-18(2,3)20-17(21)16-12-8-7-9-14(16)13-19-15-10-5-4-6-11-15/h4-12,19H,13H2,1-3H3,(H,20,21). The van der Waals surface area contributed by atoms with Crippen molar-refractivity contribution in [3.63, 3.8) is 0 Å². The lowest BCUT2D eigenvalue weighted by Gasteiger charge is -2.21. The molecule has 0 aliphatic heterocycles. The molecule has 2 rings (SSSR count). The first-order chi connectivity index (χ1) is 9.96. The number of para-hydroxylation sites is 1. The van der Waals surface area contributed by atoms with Gasteiger partial charge in [0.2, 0.25) is 0 Å². The SMILES string of the molecule is CC(C)(C)NC(=O)c1ccccc1CNc1ccccc1. The Bertz CT molecular complexity index is 600. The molecule has 21 heavy (non-hydrogen) atoms. The number of hydrogen-bond donors (Lipinski definition) is 2. The van der Waals surface area contributed by atoms with Crippen LogP contribution in [0.5, 0.6) is 0 Å². The zero-order valence-electron chi connectivity index (χ0n) is 12.8. The van der Waals surface area contributed by atoms with Crippen molar-refractivity contribution in [3.8, 4) is 0 Å². The third kappa shape index (κ3) is 4.63. The maximum Gasteiger partial charge on any atom is 0.252 e. The van der Waals surface area contributed by atoms with Crippen molar-refractivity contribution in [2.24, 2.45) is 0 Å². The van der Waals surface area contributed by atoms with Crippen molar-refractivity contribution in [1.82, 2.24) is 5.32 Å². The first kappa shape index (κ1) is 15.1. The number of rotatable bonds is 4. The Hall–Kier alpha value is -2.29. The number of benzene rings is 2. The van der Waals surface area contributed by atoms with Gasteiger partial charge in [-0.1, -0.05) is 36.4 Å². The Morgan fingerprint density at radius 2 is 1.57 bits per heavy atom. The van der Waals surface area contributed by atoms with Crippen molar-refractivity contribution in [1.29, 1.82) is 0 Å². The fraction of sp³-hybridized carbons (Fsp3) is 0.278. The van der Waals surface area contributed by atoms with Gasteiger partial charge in [-0.2, -0.15) is 0 Å². The van der Waals surface area contributed by atoms with Crippen molar-refractivity contribution < 1.29 is 4.79 Å². The quantitative estimate of drug-likeness (QED) is 0.895. The van der Waals surface area contributed by atoms with E-state index >= 15 is 0 Å². The minimum atomic E-state index is -0.239. The van der Waals surface area contributed by atoms with Gasteiger partial charge in [0.05, 0.1) is 0 Å². The summed E-state index contributed by atoms with van der Waals surface area (Å²) in [5, 5.41) is 6.35. The third-order valence-corrected chi connectivity index (χ3v) is 3.01. The second kappa shape index (κ2) is 6.44. The molecule has 1 amide bonds. The predicted molar refractivity (Wildman–Crippen MR) is 87.4 cm³/mol. The Balaban J connectivity index is 2.12. The van der Waals surface area contributed by atoms with Gasteiger partial charge in [-0.15, -0.1) is 0 Å². The summed E-state index contributed by atoms with van der Waals surface area (Å²) >= 11 is 0. The van der Waals surface area contributed by atoms with Crippen LogP contribution in [-0.4, -0.2) is 11.4 Å². The van der Waals surface area contributed by atoms with Gasteiger partial charge in [-0.25, -0.2) is 0 Å². The first-order valence-electron chi connectivity index (χ1n) is 7.15. The first-order valence-corrected chi connectivity index (χ1v) is 7.15. The van der Waals surface area contributed by atoms with Gasteiger partial charge in [0.25, 0.3) is 5.91 Å². The van der Waals surface area contributed by atoms with Crippen LogP contribution < -0.4 is 10.6 Å². The van der Waals surface area contributed by atoms with Crippen LogP contribution in [-0.2, 0) is 6.54 Å². The summed E-state index contributed by atoms with van der Waals surface area (Å²) in [4.78, 5) is 12.4. The van der Waals surface area contributed by atoms with Crippen LogP contribution in [0, 0.1) is 0 Å².